The van der Waals surface area contributed by atoms with E-state index in [1.54, 1.807) is 26.2 Å². The minimum Gasteiger partial charge on any atom is -0.496 e. The second-order valence-corrected chi connectivity index (χ2v) is 4.22. The number of benzene rings is 1. The molecule has 15 heavy (non-hydrogen) atoms. The lowest BCUT2D eigenvalue weighted by atomic mass is 9.93. The third-order valence-corrected chi connectivity index (χ3v) is 2.64. The maximum Gasteiger partial charge on any atom is 0.127 e. The van der Waals surface area contributed by atoms with Crippen LogP contribution in [0.2, 0.25) is 5.02 Å². The van der Waals surface area contributed by atoms with Crippen LogP contribution in [0.1, 0.15) is 18.1 Å². The van der Waals surface area contributed by atoms with Crippen LogP contribution < -0.4 is 10.5 Å². The van der Waals surface area contributed by atoms with Gasteiger partial charge in [-0.15, -0.1) is 0 Å². The molecule has 0 radical (unpaired) electrons. The predicted molar refractivity (Wildman–Crippen MR) is 61.4 cm³/mol. The zero-order chi connectivity index (χ0) is 11.6. The van der Waals surface area contributed by atoms with E-state index in [-0.39, 0.29) is 6.54 Å². The molecule has 0 saturated heterocycles. The number of hydrogen-bond donors (Lipinski definition) is 2. The van der Waals surface area contributed by atoms with Crippen LogP contribution in [0.25, 0.3) is 0 Å². The van der Waals surface area contributed by atoms with Crippen molar-refractivity contribution in [3.05, 3.63) is 28.3 Å². The maximum absolute atomic E-state index is 10.1. The zero-order valence-corrected chi connectivity index (χ0v) is 9.93. The molecule has 0 heterocycles. The highest BCUT2D eigenvalue weighted by Gasteiger charge is 2.26. The topological polar surface area (TPSA) is 55.5 Å². The van der Waals surface area contributed by atoms with E-state index in [9.17, 15) is 5.11 Å². The fourth-order valence-corrected chi connectivity index (χ4v) is 1.78. The molecule has 1 unspecified atom stereocenters. The Labute approximate surface area is 94.8 Å². The fourth-order valence-electron chi connectivity index (χ4n) is 1.51. The Balaban J connectivity index is 3.39. The molecule has 0 aliphatic rings. The van der Waals surface area contributed by atoms with Crippen LogP contribution in [-0.2, 0) is 5.60 Å². The molecule has 0 aliphatic carbocycles. The van der Waals surface area contributed by atoms with E-state index in [0.717, 1.165) is 5.56 Å². The van der Waals surface area contributed by atoms with Gasteiger partial charge in [-0.25, -0.2) is 0 Å². The minimum atomic E-state index is -1.12. The van der Waals surface area contributed by atoms with Crippen molar-refractivity contribution in [3.63, 3.8) is 0 Å². The van der Waals surface area contributed by atoms with Gasteiger partial charge in [0.1, 0.15) is 11.4 Å². The minimum absolute atomic E-state index is 0.114. The molecule has 0 fully saturated rings. The molecule has 3 N–H and O–H groups in total. The van der Waals surface area contributed by atoms with Crippen LogP contribution >= 0.6 is 11.6 Å². The lowest BCUT2D eigenvalue weighted by Gasteiger charge is -2.25. The normalized spacial score (nSPS) is 14.8. The van der Waals surface area contributed by atoms with Gasteiger partial charge in [0.25, 0.3) is 0 Å². The summed E-state index contributed by atoms with van der Waals surface area (Å²) in [7, 11) is 1.56. The number of halogens is 1. The van der Waals surface area contributed by atoms with E-state index >= 15 is 0 Å². The molecule has 1 aromatic carbocycles. The Kier molecular flexibility index (Phi) is 3.60. The first-order chi connectivity index (χ1) is 6.92. The summed E-state index contributed by atoms with van der Waals surface area (Å²) in [6.45, 7) is 3.63. The van der Waals surface area contributed by atoms with Crippen LogP contribution in [0.5, 0.6) is 5.75 Å². The van der Waals surface area contributed by atoms with Gasteiger partial charge in [0.05, 0.1) is 7.11 Å². The van der Waals surface area contributed by atoms with Crippen LogP contribution in [0, 0.1) is 6.92 Å². The van der Waals surface area contributed by atoms with Gasteiger partial charge >= 0.3 is 0 Å². The first kappa shape index (κ1) is 12.3. The first-order valence-corrected chi connectivity index (χ1v) is 5.07. The summed E-state index contributed by atoms with van der Waals surface area (Å²) in [4.78, 5) is 0. The molecule has 0 bridgehead atoms. The Morgan fingerprint density at radius 3 is 2.60 bits per heavy atom. The van der Waals surface area contributed by atoms with Crippen molar-refractivity contribution in [1.29, 1.82) is 0 Å². The second-order valence-electron chi connectivity index (χ2n) is 3.78. The van der Waals surface area contributed by atoms with E-state index in [1.165, 1.54) is 0 Å². The SMILES string of the molecule is COc1c(C)cc(Cl)cc1C(C)(O)CN. The lowest BCUT2D eigenvalue weighted by Crippen LogP contribution is -2.31. The maximum atomic E-state index is 10.1. The summed E-state index contributed by atoms with van der Waals surface area (Å²) in [5, 5.41) is 10.7. The van der Waals surface area contributed by atoms with Gasteiger partial charge in [-0.3, -0.25) is 0 Å². The molecule has 4 heteroatoms. The zero-order valence-electron chi connectivity index (χ0n) is 9.17. The van der Waals surface area contributed by atoms with Crippen molar-refractivity contribution in [2.24, 2.45) is 5.73 Å². The summed E-state index contributed by atoms with van der Waals surface area (Å²) in [5.41, 5.74) is 5.90. The van der Waals surface area contributed by atoms with E-state index in [0.29, 0.717) is 16.3 Å². The van der Waals surface area contributed by atoms with Crippen LogP contribution in [-0.4, -0.2) is 18.8 Å². The molecule has 0 amide bonds. The average Bonchev–Trinajstić information content (AvgIpc) is 2.16. The largest absolute Gasteiger partial charge is 0.496 e. The number of nitrogens with two attached hydrogens (primary N) is 1. The number of rotatable bonds is 3. The van der Waals surface area contributed by atoms with Gasteiger partial charge in [-0.05, 0) is 31.5 Å². The first-order valence-electron chi connectivity index (χ1n) is 4.69. The Hall–Kier alpha value is -0.770. The third-order valence-electron chi connectivity index (χ3n) is 2.42. The van der Waals surface area contributed by atoms with Gasteiger partial charge in [-0.1, -0.05) is 11.6 Å². The molecule has 1 rings (SSSR count). The van der Waals surface area contributed by atoms with Crippen LogP contribution in [0.15, 0.2) is 12.1 Å². The Morgan fingerprint density at radius 2 is 2.13 bits per heavy atom. The highest BCUT2D eigenvalue weighted by atomic mass is 35.5. The molecule has 0 saturated carbocycles. The Bertz CT molecular complexity index is 364. The van der Waals surface area contributed by atoms with Gasteiger partial charge in [-0.2, -0.15) is 0 Å². The van der Waals surface area contributed by atoms with Gasteiger partial charge in [0, 0.05) is 17.1 Å². The molecule has 84 valence electrons. The molecule has 0 aliphatic heterocycles. The monoisotopic (exact) mass is 229 g/mol. The van der Waals surface area contributed by atoms with Crippen molar-refractivity contribution >= 4 is 11.6 Å². The molecule has 1 aromatic rings. The summed E-state index contributed by atoms with van der Waals surface area (Å²) in [6, 6.07) is 3.47. The van der Waals surface area contributed by atoms with E-state index in [4.69, 9.17) is 22.1 Å². The van der Waals surface area contributed by atoms with Crippen molar-refractivity contribution < 1.29 is 9.84 Å². The van der Waals surface area contributed by atoms with Crippen molar-refractivity contribution in [1.82, 2.24) is 0 Å². The number of aryl methyl sites for hydroxylation is 1. The van der Waals surface area contributed by atoms with Gasteiger partial charge < -0.3 is 15.6 Å². The van der Waals surface area contributed by atoms with E-state index < -0.39 is 5.60 Å². The smallest absolute Gasteiger partial charge is 0.127 e. The summed E-state index contributed by atoms with van der Waals surface area (Å²) >= 11 is 5.93. The lowest BCUT2D eigenvalue weighted by molar-refractivity contribution is 0.0639. The van der Waals surface area contributed by atoms with E-state index in [2.05, 4.69) is 0 Å². The van der Waals surface area contributed by atoms with E-state index in [1.807, 2.05) is 6.92 Å². The molecule has 3 nitrogen and oxygen atoms in total. The average molecular weight is 230 g/mol. The molecule has 1 atom stereocenters. The third kappa shape index (κ3) is 2.43. The highest BCUT2D eigenvalue weighted by Crippen LogP contribution is 2.34. The quantitative estimate of drug-likeness (QED) is 0.832. The predicted octanol–water partition coefficient (Wildman–Crippen LogP) is 1.82. The van der Waals surface area contributed by atoms with Gasteiger partial charge in [0.15, 0.2) is 0 Å². The number of methoxy groups -OCH3 is 1. The number of aliphatic hydroxyl groups is 1. The van der Waals surface area contributed by atoms with Crippen LogP contribution in [0.4, 0.5) is 0 Å². The summed E-state index contributed by atoms with van der Waals surface area (Å²) < 4.78 is 5.25. The number of ether oxygens (including phenoxy) is 1. The Morgan fingerprint density at radius 1 is 1.53 bits per heavy atom. The standard InChI is InChI=1S/C11H16ClNO2/c1-7-4-8(12)5-9(10(7)15-3)11(2,14)6-13/h4-5,14H,6,13H2,1-3H3. The van der Waals surface area contributed by atoms with Gasteiger partial charge in [0.2, 0.25) is 0 Å². The van der Waals surface area contributed by atoms with Crippen molar-refractivity contribution in [2.75, 3.05) is 13.7 Å². The fraction of sp³-hybridized carbons (Fsp3) is 0.455. The van der Waals surface area contributed by atoms with Crippen LogP contribution in [0.3, 0.4) is 0 Å². The summed E-state index contributed by atoms with van der Waals surface area (Å²) in [6.07, 6.45) is 0. The second kappa shape index (κ2) is 4.39. The summed E-state index contributed by atoms with van der Waals surface area (Å²) in [5.74, 6) is 0.634. The molecule has 0 spiro atoms. The molecule has 0 aromatic heterocycles. The van der Waals surface area contributed by atoms with Crippen molar-refractivity contribution in [3.8, 4) is 5.75 Å². The molecular formula is C11H16ClNO2. The van der Waals surface area contributed by atoms with Crippen molar-refractivity contribution in [2.45, 2.75) is 19.4 Å². The molecular weight excluding hydrogens is 214 g/mol. The number of hydrogen-bond acceptors (Lipinski definition) is 3. The highest BCUT2D eigenvalue weighted by molar-refractivity contribution is 6.30.